The quantitative estimate of drug-likeness (QED) is 0.429. The normalized spacial score (nSPS) is 11.1. The molecule has 0 aliphatic heterocycles. The molecule has 1 amide bonds. The molecule has 0 fully saturated rings. The summed E-state index contributed by atoms with van der Waals surface area (Å²) in [4.78, 5) is 39.4. The van der Waals surface area contributed by atoms with Crippen LogP contribution in [0.25, 0.3) is 15.9 Å². The molecule has 0 unspecified atom stereocenters. The Bertz CT molecular complexity index is 1410. The van der Waals surface area contributed by atoms with E-state index >= 15 is 0 Å². The Labute approximate surface area is 196 Å². The van der Waals surface area contributed by atoms with Crippen molar-refractivity contribution in [2.45, 2.75) is 46.6 Å². The van der Waals surface area contributed by atoms with Gasteiger partial charge in [-0.15, -0.1) is 11.3 Å². The summed E-state index contributed by atoms with van der Waals surface area (Å²) in [6, 6.07) is 15.1. The number of nitrogens with zero attached hydrogens (tertiary/aromatic N) is 2. The Kier molecular flexibility index (Phi) is 6.60. The standard InChI is InChI=1S/C26H27N3O3S/c1-4-5-6-19-7-9-20(10-8-19)27-23(30)16-28-22-11-12-33-24(22)25(31)29(26(28)32)21-14-17(2)13-18(3)15-21/h7-15H,4-6,16H2,1-3H3,(H,27,30). The van der Waals surface area contributed by atoms with Crippen molar-refractivity contribution in [3.8, 4) is 5.69 Å². The summed E-state index contributed by atoms with van der Waals surface area (Å²) in [5.41, 5.74) is 3.90. The fourth-order valence-electron chi connectivity index (χ4n) is 4.03. The van der Waals surface area contributed by atoms with Crippen LogP contribution in [0.1, 0.15) is 36.5 Å². The minimum Gasteiger partial charge on any atom is -0.325 e. The molecule has 0 saturated heterocycles. The van der Waals surface area contributed by atoms with Crippen LogP contribution in [0.2, 0.25) is 0 Å². The van der Waals surface area contributed by atoms with Gasteiger partial charge in [0.25, 0.3) is 5.56 Å². The molecule has 7 heteroatoms. The van der Waals surface area contributed by atoms with Crippen LogP contribution in [0.4, 0.5) is 5.69 Å². The van der Waals surface area contributed by atoms with Gasteiger partial charge in [-0.25, -0.2) is 9.36 Å². The Morgan fingerprint density at radius 2 is 1.70 bits per heavy atom. The molecule has 2 heterocycles. The third kappa shape index (κ3) is 4.83. The summed E-state index contributed by atoms with van der Waals surface area (Å²) >= 11 is 1.27. The highest BCUT2D eigenvalue weighted by atomic mass is 32.1. The zero-order valence-corrected chi connectivity index (χ0v) is 19.9. The molecule has 0 radical (unpaired) electrons. The van der Waals surface area contributed by atoms with Crippen LogP contribution in [0.3, 0.4) is 0 Å². The Morgan fingerprint density at radius 3 is 2.36 bits per heavy atom. The molecule has 1 N–H and O–H groups in total. The summed E-state index contributed by atoms with van der Waals surface area (Å²) in [7, 11) is 0. The summed E-state index contributed by atoms with van der Waals surface area (Å²) in [5, 5.41) is 4.63. The predicted molar refractivity (Wildman–Crippen MR) is 135 cm³/mol. The number of nitrogens with one attached hydrogen (secondary N) is 1. The van der Waals surface area contributed by atoms with E-state index in [0.717, 1.165) is 35.0 Å². The van der Waals surface area contributed by atoms with Crippen LogP contribution in [-0.2, 0) is 17.8 Å². The van der Waals surface area contributed by atoms with E-state index in [9.17, 15) is 14.4 Å². The van der Waals surface area contributed by atoms with Gasteiger partial charge in [-0.1, -0.05) is 31.5 Å². The van der Waals surface area contributed by atoms with E-state index in [2.05, 4.69) is 12.2 Å². The number of aryl methyl sites for hydroxylation is 3. The molecule has 4 aromatic rings. The lowest BCUT2D eigenvalue weighted by atomic mass is 10.1. The number of rotatable bonds is 7. The molecular weight excluding hydrogens is 434 g/mol. The number of unbranched alkanes of at least 4 members (excludes halogenated alkanes) is 1. The molecule has 0 atom stereocenters. The van der Waals surface area contributed by atoms with Crippen LogP contribution in [0.15, 0.2) is 63.5 Å². The number of aromatic nitrogens is 2. The van der Waals surface area contributed by atoms with E-state index in [1.54, 1.807) is 23.6 Å². The number of carbonyl (C=O) groups is 1. The first-order valence-corrected chi connectivity index (χ1v) is 12.0. The van der Waals surface area contributed by atoms with E-state index in [-0.39, 0.29) is 18.0 Å². The number of hydrogen-bond donors (Lipinski definition) is 1. The summed E-state index contributed by atoms with van der Waals surface area (Å²) < 4.78 is 2.98. The number of anilines is 1. The maximum Gasteiger partial charge on any atom is 0.336 e. The van der Waals surface area contributed by atoms with E-state index < -0.39 is 5.69 Å². The number of thiophene rings is 1. The maximum absolute atomic E-state index is 13.4. The van der Waals surface area contributed by atoms with Crippen molar-refractivity contribution in [2.24, 2.45) is 0 Å². The van der Waals surface area contributed by atoms with Gasteiger partial charge in [-0.2, -0.15) is 0 Å². The lowest BCUT2D eigenvalue weighted by Gasteiger charge is -2.13. The molecule has 0 aliphatic rings. The van der Waals surface area contributed by atoms with Gasteiger partial charge in [0.1, 0.15) is 11.2 Å². The molecule has 0 aliphatic carbocycles. The van der Waals surface area contributed by atoms with Crippen LogP contribution in [-0.4, -0.2) is 15.0 Å². The van der Waals surface area contributed by atoms with E-state index in [1.165, 1.54) is 21.5 Å². The number of hydrogen-bond acceptors (Lipinski definition) is 4. The van der Waals surface area contributed by atoms with Gasteiger partial charge >= 0.3 is 5.69 Å². The van der Waals surface area contributed by atoms with Crippen molar-refractivity contribution in [1.82, 2.24) is 9.13 Å². The van der Waals surface area contributed by atoms with Gasteiger partial charge in [0.15, 0.2) is 0 Å². The highest BCUT2D eigenvalue weighted by Gasteiger charge is 2.18. The molecule has 2 aromatic carbocycles. The fourth-order valence-corrected chi connectivity index (χ4v) is 4.85. The zero-order chi connectivity index (χ0) is 23.5. The summed E-state index contributed by atoms with van der Waals surface area (Å²) in [5.74, 6) is -0.323. The first-order chi connectivity index (χ1) is 15.9. The molecule has 6 nitrogen and oxygen atoms in total. The van der Waals surface area contributed by atoms with Crippen molar-refractivity contribution in [2.75, 3.05) is 5.32 Å². The first-order valence-electron chi connectivity index (χ1n) is 11.1. The molecular formula is C26H27N3O3S. The Hall–Kier alpha value is -3.45. The number of carbonyl (C=O) groups excluding carboxylic acids is 1. The number of fused-ring (bicyclic) bond motifs is 1. The van der Waals surface area contributed by atoms with Gasteiger partial charge in [-0.3, -0.25) is 14.2 Å². The average molecular weight is 462 g/mol. The van der Waals surface area contributed by atoms with Gasteiger partial charge in [-0.05, 0) is 79.1 Å². The van der Waals surface area contributed by atoms with Crippen molar-refractivity contribution in [3.63, 3.8) is 0 Å². The zero-order valence-electron chi connectivity index (χ0n) is 19.1. The Balaban J connectivity index is 1.68. The van der Waals surface area contributed by atoms with Crippen LogP contribution >= 0.6 is 11.3 Å². The minimum absolute atomic E-state index is 0.186. The minimum atomic E-state index is -0.527. The van der Waals surface area contributed by atoms with Crippen molar-refractivity contribution in [1.29, 1.82) is 0 Å². The molecule has 4 rings (SSSR count). The lowest BCUT2D eigenvalue weighted by Crippen LogP contribution is -2.40. The highest BCUT2D eigenvalue weighted by Crippen LogP contribution is 2.18. The van der Waals surface area contributed by atoms with Gasteiger partial charge in [0.2, 0.25) is 5.91 Å². The highest BCUT2D eigenvalue weighted by molar-refractivity contribution is 7.17. The maximum atomic E-state index is 13.4. The predicted octanol–water partition coefficient (Wildman–Crippen LogP) is 4.81. The van der Waals surface area contributed by atoms with Crippen molar-refractivity contribution < 1.29 is 4.79 Å². The summed E-state index contributed by atoms with van der Waals surface area (Å²) in [6.45, 7) is 5.81. The smallest absolute Gasteiger partial charge is 0.325 e. The van der Waals surface area contributed by atoms with Gasteiger partial charge in [0, 0.05) is 5.69 Å². The monoisotopic (exact) mass is 461 g/mol. The first kappa shape index (κ1) is 22.7. The number of amides is 1. The van der Waals surface area contributed by atoms with E-state index in [4.69, 9.17) is 0 Å². The van der Waals surface area contributed by atoms with E-state index in [0.29, 0.717) is 21.6 Å². The SMILES string of the molecule is CCCCc1ccc(NC(=O)Cn2c(=O)n(-c3cc(C)cc(C)c3)c(=O)c3sccc32)cc1. The van der Waals surface area contributed by atoms with Crippen LogP contribution in [0, 0.1) is 13.8 Å². The lowest BCUT2D eigenvalue weighted by molar-refractivity contribution is -0.116. The molecule has 0 bridgehead atoms. The van der Waals surface area contributed by atoms with Crippen molar-refractivity contribution >= 4 is 33.1 Å². The third-order valence-electron chi connectivity index (χ3n) is 5.58. The second-order valence-corrected chi connectivity index (χ2v) is 9.25. The average Bonchev–Trinajstić information content (AvgIpc) is 3.26. The van der Waals surface area contributed by atoms with E-state index in [1.807, 2.05) is 44.2 Å². The molecule has 0 spiro atoms. The molecule has 33 heavy (non-hydrogen) atoms. The van der Waals surface area contributed by atoms with Crippen LogP contribution < -0.4 is 16.6 Å². The Morgan fingerprint density at radius 1 is 1.00 bits per heavy atom. The van der Waals surface area contributed by atoms with Crippen molar-refractivity contribution in [3.05, 3.63) is 91.4 Å². The number of benzene rings is 2. The van der Waals surface area contributed by atoms with Gasteiger partial charge < -0.3 is 5.32 Å². The van der Waals surface area contributed by atoms with Crippen LogP contribution in [0.5, 0.6) is 0 Å². The summed E-state index contributed by atoms with van der Waals surface area (Å²) in [6.07, 6.45) is 3.27. The second kappa shape index (κ2) is 9.58. The molecule has 0 saturated carbocycles. The topological polar surface area (TPSA) is 73.1 Å². The molecule has 170 valence electrons. The molecule has 2 aromatic heterocycles. The van der Waals surface area contributed by atoms with Gasteiger partial charge in [0.05, 0.1) is 11.2 Å². The largest absolute Gasteiger partial charge is 0.336 e. The fraction of sp³-hybridized carbons (Fsp3) is 0.269. The second-order valence-electron chi connectivity index (χ2n) is 8.34. The third-order valence-corrected chi connectivity index (χ3v) is 6.47.